The first-order chi connectivity index (χ1) is 23.6. The molecule has 0 spiro atoms. The molecular weight excluding hydrogens is 638 g/mol. The molecule has 6 atom stereocenters. The molecule has 12 nitrogen and oxygen atoms in total. The lowest BCUT2D eigenvalue weighted by atomic mass is 9.80. The highest BCUT2D eigenvalue weighted by Crippen LogP contribution is 2.65. The van der Waals surface area contributed by atoms with Crippen molar-refractivity contribution >= 4 is 35.5 Å². The van der Waals surface area contributed by atoms with E-state index >= 15 is 0 Å². The number of Topliss-reactive ketones (excluding diaryl/α,β-unsaturated/α-hetero) is 1. The summed E-state index contributed by atoms with van der Waals surface area (Å²) in [4.78, 5) is 81.5. The van der Waals surface area contributed by atoms with Crippen molar-refractivity contribution in [1.82, 2.24) is 20.9 Å². The Balaban J connectivity index is 1.33. The Kier molecular flexibility index (Phi) is 10.7. The first-order valence-electron chi connectivity index (χ1n) is 17.4. The number of carbonyl (C=O) groups is 6. The summed E-state index contributed by atoms with van der Waals surface area (Å²) in [5.74, 6) is -3.54. The number of primary amides is 1. The second kappa shape index (κ2) is 14.6. The van der Waals surface area contributed by atoms with Crippen LogP contribution in [0.5, 0.6) is 0 Å². The SMILES string of the molecule is CC(C)(C)[C@H](NC(=O)N[C@@H](C(=O)OCc1ccccc1)c1ccccc1)C(=O)N1C[C@H]2[C@@H]([C@H]1C(=O)NC(CC1CCC1)C(=O)C(N)=O)C2(C)C. The maximum absolute atomic E-state index is 14.4. The molecule has 1 heterocycles. The summed E-state index contributed by atoms with van der Waals surface area (Å²) in [7, 11) is 0. The van der Waals surface area contributed by atoms with Gasteiger partial charge in [-0.3, -0.25) is 19.2 Å². The van der Waals surface area contributed by atoms with Crippen LogP contribution in [0.2, 0.25) is 0 Å². The molecule has 0 bridgehead atoms. The molecule has 3 aliphatic rings. The highest BCUT2D eigenvalue weighted by Gasteiger charge is 2.70. The Morgan fingerprint density at radius 3 is 2.10 bits per heavy atom. The molecule has 268 valence electrons. The van der Waals surface area contributed by atoms with E-state index < -0.39 is 65.1 Å². The van der Waals surface area contributed by atoms with Gasteiger partial charge >= 0.3 is 12.0 Å². The van der Waals surface area contributed by atoms with Crippen molar-refractivity contribution in [3.63, 3.8) is 0 Å². The summed E-state index contributed by atoms with van der Waals surface area (Å²) in [5, 5.41) is 8.28. The van der Waals surface area contributed by atoms with E-state index in [9.17, 15) is 28.8 Å². The lowest BCUT2D eigenvalue weighted by Crippen LogP contribution is -2.61. The predicted octanol–water partition coefficient (Wildman–Crippen LogP) is 3.40. The molecule has 50 heavy (non-hydrogen) atoms. The van der Waals surface area contributed by atoms with Gasteiger partial charge in [0.05, 0.1) is 6.04 Å². The maximum Gasteiger partial charge on any atom is 0.333 e. The zero-order valence-corrected chi connectivity index (χ0v) is 29.4. The Morgan fingerprint density at radius 1 is 0.920 bits per heavy atom. The topological polar surface area (TPSA) is 177 Å². The Bertz CT molecular complexity index is 1600. The molecule has 3 fully saturated rings. The first kappa shape index (κ1) is 36.5. The monoisotopic (exact) mass is 687 g/mol. The number of urea groups is 1. The highest BCUT2D eigenvalue weighted by atomic mass is 16.5. The maximum atomic E-state index is 14.4. The quantitative estimate of drug-likeness (QED) is 0.184. The Hall–Kier alpha value is -4.74. The van der Waals surface area contributed by atoms with E-state index in [4.69, 9.17) is 10.5 Å². The number of ketones is 1. The summed E-state index contributed by atoms with van der Waals surface area (Å²) in [6.07, 6.45) is 3.14. The molecule has 2 aromatic carbocycles. The first-order valence-corrected chi connectivity index (χ1v) is 17.4. The largest absolute Gasteiger partial charge is 0.459 e. The Labute approximate surface area is 293 Å². The van der Waals surface area contributed by atoms with Gasteiger partial charge in [-0.2, -0.15) is 0 Å². The number of piperidine rings is 1. The van der Waals surface area contributed by atoms with Crippen molar-refractivity contribution < 1.29 is 33.5 Å². The lowest BCUT2D eigenvalue weighted by molar-refractivity contribution is -0.147. The van der Waals surface area contributed by atoms with E-state index in [1.165, 1.54) is 4.90 Å². The highest BCUT2D eigenvalue weighted by molar-refractivity contribution is 6.37. The van der Waals surface area contributed by atoms with Gasteiger partial charge in [0.25, 0.3) is 5.91 Å². The summed E-state index contributed by atoms with van der Waals surface area (Å²) < 4.78 is 5.57. The molecule has 12 heteroatoms. The van der Waals surface area contributed by atoms with Gasteiger partial charge in [0.2, 0.25) is 17.6 Å². The van der Waals surface area contributed by atoms with Gasteiger partial charge in [-0.1, -0.05) is 115 Å². The number of amides is 5. The van der Waals surface area contributed by atoms with Crippen LogP contribution in [0.1, 0.15) is 77.5 Å². The molecular formula is C38H49N5O7. The number of hydrogen-bond acceptors (Lipinski definition) is 7. The number of esters is 1. The molecule has 0 radical (unpaired) electrons. The minimum absolute atomic E-state index is 0.0129. The number of carbonyl (C=O) groups excluding carboxylic acids is 6. The van der Waals surface area contributed by atoms with E-state index in [1.807, 2.05) is 44.2 Å². The number of fused-ring (bicyclic) bond motifs is 1. The van der Waals surface area contributed by atoms with Crippen LogP contribution in [0.4, 0.5) is 4.79 Å². The summed E-state index contributed by atoms with van der Waals surface area (Å²) >= 11 is 0. The lowest BCUT2D eigenvalue weighted by Gasteiger charge is -2.38. The molecule has 2 saturated carbocycles. The minimum Gasteiger partial charge on any atom is -0.459 e. The fourth-order valence-corrected chi connectivity index (χ4v) is 7.39. The number of rotatable bonds is 13. The molecule has 5 amide bonds. The second-order valence-electron chi connectivity index (χ2n) is 15.6. The molecule has 2 aromatic rings. The average molecular weight is 688 g/mol. The van der Waals surface area contributed by atoms with Crippen LogP contribution in [-0.4, -0.2) is 65.1 Å². The molecule has 1 aliphatic heterocycles. The molecule has 1 unspecified atom stereocenters. The minimum atomic E-state index is -1.16. The van der Waals surface area contributed by atoms with Gasteiger partial charge in [0, 0.05) is 6.54 Å². The Morgan fingerprint density at radius 2 is 1.54 bits per heavy atom. The van der Waals surface area contributed by atoms with Crippen LogP contribution in [0.25, 0.3) is 0 Å². The van der Waals surface area contributed by atoms with Gasteiger partial charge in [-0.25, -0.2) is 9.59 Å². The summed E-state index contributed by atoms with van der Waals surface area (Å²) in [5.41, 5.74) is 5.61. The van der Waals surface area contributed by atoms with Crippen LogP contribution < -0.4 is 21.7 Å². The zero-order valence-electron chi connectivity index (χ0n) is 29.4. The molecule has 1 saturated heterocycles. The number of benzene rings is 2. The third-order valence-corrected chi connectivity index (χ3v) is 10.7. The average Bonchev–Trinajstić information content (AvgIpc) is 3.36. The van der Waals surface area contributed by atoms with Gasteiger partial charge in [-0.15, -0.1) is 0 Å². The smallest absolute Gasteiger partial charge is 0.333 e. The van der Waals surface area contributed by atoms with Crippen molar-refractivity contribution in [3.8, 4) is 0 Å². The number of nitrogens with two attached hydrogens (primary N) is 1. The van der Waals surface area contributed by atoms with Crippen molar-refractivity contribution in [3.05, 3.63) is 71.8 Å². The molecule has 2 aliphatic carbocycles. The van der Waals surface area contributed by atoms with E-state index in [2.05, 4.69) is 16.0 Å². The van der Waals surface area contributed by atoms with E-state index in [-0.39, 0.29) is 29.8 Å². The number of ether oxygens (including phenoxy) is 1. The van der Waals surface area contributed by atoms with Crippen LogP contribution in [0.15, 0.2) is 60.7 Å². The van der Waals surface area contributed by atoms with E-state index in [1.54, 1.807) is 51.1 Å². The van der Waals surface area contributed by atoms with Crippen LogP contribution in [-0.2, 0) is 35.3 Å². The van der Waals surface area contributed by atoms with Crippen LogP contribution in [0, 0.1) is 28.6 Å². The standard InChI is InChI=1S/C38H49N5O7/c1-37(2,3)31(42-36(49)41-28(24-17-10-7-11-18-24)35(48)50-21-23-13-8-6-9-14-23)34(47)43-20-25-27(38(25,4)5)29(43)33(46)40-26(30(44)32(39)45)19-22-15-12-16-22/h6-11,13-14,17-18,22,25-29,31H,12,15-16,19-21H2,1-5H3,(H2,39,45)(H,40,46)(H2,41,42,49)/t25-,26?,27-,28+,29-,31+/m0/s1. The van der Waals surface area contributed by atoms with Gasteiger partial charge < -0.3 is 31.3 Å². The van der Waals surface area contributed by atoms with E-state index in [0.717, 1.165) is 24.8 Å². The second-order valence-corrected chi connectivity index (χ2v) is 15.6. The van der Waals surface area contributed by atoms with Gasteiger partial charge in [0.15, 0.2) is 6.04 Å². The fourth-order valence-electron chi connectivity index (χ4n) is 7.39. The van der Waals surface area contributed by atoms with Crippen molar-refractivity contribution in [2.75, 3.05) is 6.54 Å². The molecule has 0 aromatic heterocycles. The zero-order chi connectivity index (χ0) is 36.4. The third kappa shape index (κ3) is 8.00. The normalized spacial score (nSPS) is 22.5. The molecule has 5 N–H and O–H groups in total. The van der Waals surface area contributed by atoms with Crippen LogP contribution in [0.3, 0.4) is 0 Å². The van der Waals surface area contributed by atoms with E-state index in [0.29, 0.717) is 18.5 Å². The molecule has 5 rings (SSSR count). The van der Waals surface area contributed by atoms with Gasteiger partial charge in [-0.05, 0) is 46.1 Å². The number of hydrogen-bond donors (Lipinski definition) is 4. The van der Waals surface area contributed by atoms with Crippen molar-refractivity contribution in [2.24, 2.45) is 34.3 Å². The number of likely N-dealkylation sites (tertiary alicyclic amines) is 1. The summed E-state index contributed by atoms with van der Waals surface area (Å²) in [6.45, 7) is 9.79. The summed E-state index contributed by atoms with van der Waals surface area (Å²) in [6, 6.07) is 12.9. The number of nitrogens with one attached hydrogen (secondary N) is 3. The number of nitrogens with zero attached hydrogens (tertiary/aromatic N) is 1. The third-order valence-electron chi connectivity index (χ3n) is 10.7. The van der Waals surface area contributed by atoms with Crippen molar-refractivity contribution in [2.45, 2.75) is 91.1 Å². The fraction of sp³-hybridized carbons (Fsp3) is 0.526. The van der Waals surface area contributed by atoms with Crippen LogP contribution >= 0.6 is 0 Å². The van der Waals surface area contributed by atoms with Gasteiger partial charge in [0.1, 0.15) is 18.7 Å². The predicted molar refractivity (Wildman–Crippen MR) is 185 cm³/mol. The van der Waals surface area contributed by atoms with Crippen molar-refractivity contribution in [1.29, 1.82) is 0 Å².